The molecule has 0 N–H and O–H groups in total. The maximum Gasteiger partial charge on any atom is 0.0787 e. The topological polar surface area (TPSA) is 0 Å². The van der Waals surface area contributed by atoms with Gasteiger partial charge in [0.15, 0.2) is 0 Å². The molecule has 12 heavy (non-hydrogen) atoms. The van der Waals surface area contributed by atoms with Gasteiger partial charge < -0.3 is 0 Å². The van der Waals surface area contributed by atoms with Crippen LogP contribution in [0.25, 0.3) is 0 Å². The van der Waals surface area contributed by atoms with Gasteiger partial charge in [0.05, 0.1) is 22.0 Å². The van der Waals surface area contributed by atoms with E-state index in [2.05, 4.69) is 32.9 Å². The summed E-state index contributed by atoms with van der Waals surface area (Å²) < 4.78 is 0. The molecule has 0 amide bonds. The Morgan fingerprint density at radius 3 is 2.92 bits per heavy atom. The van der Waals surface area contributed by atoms with Crippen LogP contribution in [-0.4, -0.2) is 22.0 Å². The molecule has 1 aliphatic carbocycles. The Morgan fingerprint density at radius 1 is 1.67 bits per heavy atom. The molecule has 1 aliphatic rings. The molecule has 0 bridgehead atoms. The molecule has 1 atom stereocenters. The van der Waals surface area contributed by atoms with Crippen LogP contribution in [0.2, 0.25) is 6.32 Å². The minimum absolute atomic E-state index is 0. The second-order valence-electron chi connectivity index (χ2n) is 3.42. The average molecular weight is 199 g/mol. The van der Waals surface area contributed by atoms with Crippen LogP contribution >= 0.6 is 0 Å². The maximum absolute atomic E-state index is 2.34. The smallest absolute Gasteiger partial charge is 0.0787 e. The Balaban J connectivity index is 0.00000121. The number of allylic oxidation sites excluding steroid dienone is 4. The summed E-state index contributed by atoms with van der Waals surface area (Å²) in [6.07, 6.45) is 9.27. The first-order valence-electron chi connectivity index (χ1n) is 4.70. The largest absolute Gasteiger partial charge is 0.0805 e. The van der Waals surface area contributed by atoms with Gasteiger partial charge in [0.2, 0.25) is 0 Å². The summed E-state index contributed by atoms with van der Waals surface area (Å²) in [4.78, 5) is 0. The molecule has 0 aliphatic heterocycles. The maximum atomic E-state index is 2.34. The van der Waals surface area contributed by atoms with Gasteiger partial charge in [-0.3, -0.25) is 0 Å². The summed E-state index contributed by atoms with van der Waals surface area (Å²) in [6.45, 7) is 2.34. The van der Waals surface area contributed by atoms with Gasteiger partial charge in [0, 0.05) is 17.1 Å². The van der Waals surface area contributed by atoms with Gasteiger partial charge in [-0.15, -0.1) is 0 Å². The van der Waals surface area contributed by atoms with Gasteiger partial charge in [0.1, 0.15) is 0 Å². The van der Waals surface area contributed by atoms with Crippen LogP contribution in [0.5, 0.6) is 0 Å². The van der Waals surface area contributed by atoms with Crippen LogP contribution in [0, 0.1) is 5.92 Å². The second kappa shape index (κ2) is 6.68. The Morgan fingerprint density at radius 2 is 2.42 bits per heavy atom. The Bertz CT molecular complexity index is 177. The van der Waals surface area contributed by atoms with Crippen LogP contribution in [-0.2, 0) is 17.1 Å². The summed E-state index contributed by atoms with van der Waals surface area (Å²) in [5.74, 6) is 0.810. The summed E-state index contributed by atoms with van der Waals surface area (Å²) in [6, 6.07) is 0. The zero-order chi connectivity index (χ0) is 8.10. The van der Waals surface area contributed by atoms with Crippen LogP contribution in [0.1, 0.15) is 13.3 Å². The molecule has 0 spiro atoms. The summed E-state index contributed by atoms with van der Waals surface area (Å²) in [7, 11) is 4.96. The molecule has 4 heteroatoms. The quantitative estimate of drug-likeness (QED) is 0.570. The van der Waals surface area contributed by atoms with Crippen LogP contribution in [0.3, 0.4) is 0 Å². The van der Waals surface area contributed by atoms with Gasteiger partial charge in [-0.25, -0.2) is 0 Å². The fourth-order valence-corrected chi connectivity index (χ4v) is 1.52. The molecule has 0 aromatic carbocycles. The molecule has 0 heterocycles. The molecule has 0 aromatic heterocycles. The molecule has 0 fully saturated rings. The predicted octanol–water partition coefficient (Wildman–Crippen LogP) is 0.261. The minimum Gasteiger partial charge on any atom is -0.0805 e. The molecular formula is C8H15B3Fe. The molecule has 1 rings (SSSR count). The minimum atomic E-state index is 0. The van der Waals surface area contributed by atoms with Crippen molar-refractivity contribution in [1.29, 1.82) is 0 Å². The van der Waals surface area contributed by atoms with E-state index in [4.69, 9.17) is 0 Å². The normalized spacial score (nSPS) is 16.2. The van der Waals surface area contributed by atoms with E-state index in [9.17, 15) is 0 Å². The van der Waals surface area contributed by atoms with E-state index in [1.807, 2.05) is 0 Å². The van der Waals surface area contributed by atoms with E-state index in [0.717, 1.165) is 5.92 Å². The first kappa shape index (κ1) is 12.2. The molecule has 0 saturated heterocycles. The van der Waals surface area contributed by atoms with Gasteiger partial charge in [-0.2, -0.15) is 0 Å². The van der Waals surface area contributed by atoms with Crippen molar-refractivity contribution in [2.75, 3.05) is 0 Å². The first-order chi connectivity index (χ1) is 5.34. The van der Waals surface area contributed by atoms with Crippen LogP contribution in [0.4, 0.5) is 0 Å². The molecule has 0 radical (unpaired) electrons. The zero-order valence-corrected chi connectivity index (χ0v) is 9.10. The van der Waals surface area contributed by atoms with Crippen molar-refractivity contribution in [2.24, 2.45) is 5.92 Å². The van der Waals surface area contributed by atoms with E-state index < -0.39 is 0 Å². The van der Waals surface area contributed by atoms with Gasteiger partial charge in [0.25, 0.3) is 0 Å². The third-order valence-corrected chi connectivity index (χ3v) is 2.42. The van der Waals surface area contributed by atoms with E-state index in [1.165, 1.54) is 27.0 Å². The summed E-state index contributed by atoms with van der Waals surface area (Å²) >= 11 is 0. The van der Waals surface area contributed by atoms with Crippen molar-refractivity contribution in [3.63, 3.8) is 0 Å². The van der Waals surface area contributed by atoms with E-state index >= 15 is 0 Å². The fourth-order valence-electron chi connectivity index (χ4n) is 1.52. The number of hydrogen-bond donors (Lipinski definition) is 0. The molecule has 0 saturated carbocycles. The van der Waals surface area contributed by atoms with Gasteiger partial charge in [-0.1, -0.05) is 37.0 Å². The third kappa shape index (κ3) is 3.73. The standard InChI is InChI=1S/C8H15B3.Fe/c1-7(6-10-11-9)8-4-2-3-5-8;/h2-4,7,10-11H,5-6,9H2,1H3;. The molecule has 0 nitrogen and oxygen atoms in total. The van der Waals surface area contributed by atoms with E-state index in [-0.39, 0.29) is 17.1 Å². The predicted molar refractivity (Wildman–Crippen MR) is 58.7 cm³/mol. The van der Waals surface area contributed by atoms with E-state index in [1.54, 1.807) is 5.57 Å². The van der Waals surface area contributed by atoms with Crippen molar-refractivity contribution in [3.05, 3.63) is 23.8 Å². The van der Waals surface area contributed by atoms with Crippen molar-refractivity contribution in [1.82, 2.24) is 0 Å². The first-order valence-corrected chi connectivity index (χ1v) is 4.70. The Kier molecular flexibility index (Phi) is 6.79. The summed E-state index contributed by atoms with van der Waals surface area (Å²) in [5, 5.41) is 0. The SMILES string of the molecule is BBBCC(C)C1=CC=CC1.[Fe]. The van der Waals surface area contributed by atoms with Crippen molar-refractivity contribution >= 4 is 22.0 Å². The monoisotopic (exact) mass is 200 g/mol. The molecular weight excluding hydrogens is 184 g/mol. The Labute approximate surface area is 88.6 Å². The third-order valence-electron chi connectivity index (χ3n) is 2.42. The van der Waals surface area contributed by atoms with Gasteiger partial charge in [-0.05, 0) is 12.3 Å². The van der Waals surface area contributed by atoms with Crippen molar-refractivity contribution in [3.8, 4) is 0 Å². The van der Waals surface area contributed by atoms with Crippen LogP contribution < -0.4 is 0 Å². The second-order valence-corrected chi connectivity index (χ2v) is 3.42. The van der Waals surface area contributed by atoms with Crippen molar-refractivity contribution < 1.29 is 17.1 Å². The van der Waals surface area contributed by atoms with Crippen LogP contribution in [0.15, 0.2) is 23.8 Å². The van der Waals surface area contributed by atoms with Gasteiger partial charge >= 0.3 is 0 Å². The van der Waals surface area contributed by atoms with Crippen molar-refractivity contribution in [2.45, 2.75) is 19.7 Å². The van der Waals surface area contributed by atoms with E-state index in [0.29, 0.717) is 0 Å². The molecule has 0 aromatic rings. The molecule has 64 valence electrons. The number of rotatable bonds is 4. The Hall–Kier alpha value is 0.194. The summed E-state index contributed by atoms with van der Waals surface area (Å²) in [5.41, 5.74) is 1.62. The number of hydrogen-bond acceptors (Lipinski definition) is 0. The fraction of sp³-hybridized carbons (Fsp3) is 0.500. The molecule has 1 unspecified atom stereocenters. The average Bonchev–Trinajstić information content (AvgIpc) is 2.52. The zero-order valence-electron chi connectivity index (χ0n) is 7.99.